The van der Waals surface area contributed by atoms with Crippen molar-refractivity contribution in [3.8, 4) is 0 Å². The zero-order valence-electron chi connectivity index (χ0n) is 13.4. The lowest BCUT2D eigenvalue weighted by molar-refractivity contribution is 0.0944. The van der Waals surface area contributed by atoms with Crippen LogP contribution in [0.5, 0.6) is 0 Å². The first-order chi connectivity index (χ1) is 10.0. The molecule has 0 bridgehead atoms. The quantitative estimate of drug-likeness (QED) is 0.894. The number of hydrogen-bond donors (Lipinski definition) is 1. The highest BCUT2D eigenvalue weighted by atomic mass is 16.1. The van der Waals surface area contributed by atoms with Crippen LogP contribution in [0.25, 0.3) is 0 Å². The predicted molar refractivity (Wildman–Crippen MR) is 86.8 cm³/mol. The Morgan fingerprint density at radius 1 is 1.19 bits per heavy atom. The van der Waals surface area contributed by atoms with E-state index in [4.69, 9.17) is 0 Å². The van der Waals surface area contributed by atoms with Gasteiger partial charge in [0.2, 0.25) is 0 Å². The SMILES string of the molecule is CCCNC(=O)c1c(C)cc(C)n1Cc1cccc(C)c1. The fraction of sp³-hybridized carbons (Fsp3) is 0.389. The minimum absolute atomic E-state index is 0.0232. The highest BCUT2D eigenvalue weighted by molar-refractivity contribution is 5.94. The number of amides is 1. The Hall–Kier alpha value is -2.03. The van der Waals surface area contributed by atoms with Gasteiger partial charge in [-0.2, -0.15) is 0 Å². The van der Waals surface area contributed by atoms with Crippen molar-refractivity contribution in [3.05, 3.63) is 58.4 Å². The maximum atomic E-state index is 12.4. The predicted octanol–water partition coefficient (Wildman–Crippen LogP) is 3.60. The molecule has 1 aromatic heterocycles. The summed E-state index contributed by atoms with van der Waals surface area (Å²) >= 11 is 0. The molecule has 3 nitrogen and oxygen atoms in total. The van der Waals surface area contributed by atoms with Crippen LogP contribution in [-0.2, 0) is 6.54 Å². The van der Waals surface area contributed by atoms with Crippen LogP contribution >= 0.6 is 0 Å². The molecule has 1 N–H and O–H groups in total. The van der Waals surface area contributed by atoms with Crippen LogP contribution in [0.3, 0.4) is 0 Å². The Morgan fingerprint density at radius 2 is 1.95 bits per heavy atom. The van der Waals surface area contributed by atoms with Crippen molar-refractivity contribution in [2.24, 2.45) is 0 Å². The monoisotopic (exact) mass is 284 g/mol. The first-order valence-electron chi connectivity index (χ1n) is 7.53. The number of nitrogens with zero attached hydrogens (tertiary/aromatic N) is 1. The smallest absolute Gasteiger partial charge is 0.268 e. The van der Waals surface area contributed by atoms with Crippen molar-refractivity contribution in [3.63, 3.8) is 0 Å². The zero-order valence-corrected chi connectivity index (χ0v) is 13.4. The summed E-state index contributed by atoms with van der Waals surface area (Å²) in [5.41, 5.74) is 5.40. The number of hydrogen-bond acceptors (Lipinski definition) is 1. The second-order valence-corrected chi connectivity index (χ2v) is 5.65. The van der Waals surface area contributed by atoms with Gasteiger partial charge >= 0.3 is 0 Å². The second kappa shape index (κ2) is 6.61. The van der Waals surface area contributed by atoms with Gasteiger partial charge in [0.25, 0.3) is 5.91 Å². The van der Waals surface area contributed by atoms with Gasteiger partial charge in [-0.1, -0.05) is 36.8 Å². The van der Waals surface area contributed by atoms with E-state index < -0.39 is 0 Å². The van der Waals surface area contributed by atoms with E-state index in [1.54, 1.807) is 0 Å². The molecule has 0 aliphatic carbocycles. The minimum atomic E-state index is 0.0232. The van der Waals surface area contributed by atoms with Crippen LogP contribution in [0.1, 0.15) is 46.2 Å². The van der Waals surface area contributed by atoms with Gasteiger partial charge in [-0.05, 0) is 44.4 Å². The van der Waals surface area contributed by atoms with Crippen molar-refractivity contribution in [1.82, 2.24) is 9.88 Å². The Kier molecular flexibility index (Phi) is 4.84. The summed E-state index contributed by atoms with van der Waals surface area (Å²) in [6.45, 7) is 9.65. The van der Waals surface area contributed by atoms with Crippen molar-refractivity contribution >= 4 is 5.91 Å². The molecule has 1 aromatic carbocycles. The second-order valence-electron chi connectivity index (χ2n) is 5.65. The Labute approximate surface area is 127 Å². The molecule has 2 aromatic rings. The zero-order chi connectivity index (χ0) is 15.4. The molecule has 21 heavy (non-hydrogen) atoms. The molecule has 0 atom stereocenters. The van der Waals surface area contributed by atoms with Crippen molar-refractivity contribution in [2.75, 3.05) is 6.54 Å². The number of carbonyl (C=O) groups is 1. The molecule has 0 spiro atoms. The average molecular weight is 284 g/mol. The molecule has 1 heterocycles. The number of benzene rings is 1. The summed E-state index contributed by atoms with van der Waals surface area (Å²) < 4.78 is 2.11. The summed E-state index contributed by atoms with van der Waals surface area (Å²) in [5.74, 6) is 0.0232. The first-order valence-corrected chi connectivity index (χ1v) is 7.53. The van der Waals surface area contributed by atoms with E-state index in [-0.39, 0.29) is 5.91 Å². The van der Waals surface area contributed by atoms with E-state index >= 15 is 0 Å². The third-order valence-electron chi connectivity index (χ3n) is 3.67. The van der Waals surface area contributed by atoms with Crippen LogP contribution in [-0.4, -0.2) is 17.0 Å². The largest absolute Gasteiger partial charge is 0.351 e. The molecule has 0 aliphatic rings. The molecule has 0 saturated heterocycles. The number of aromatic nitrogens is 1. The van der Waals surface area contributed by atoms with E-state index in [1.165, 1.54) is 11.1 Å². The number of nitrogens with one attached hydrogen (secondary N) is 1. The van der Waals surface area contributed by atoms with E-state index in [1.807, 2.05) is 6.92 Å². The maximum Gasteiger partial charge on any atom is 0.268 e. The van der Waals surface area contributed by atoms with Gasteiger partial charge in [0.1, 0.15) is 5.69 Å². The Morgan fingerprint density at radius 3 is 2.62 bits per heavy atom. The summed E-state index contributed by atoms with van der Waals surface area (Å²) in [6.07, 6.45) is 0.947. The highest BCUT2D eigenvalue weighted by Crippen LogP contribution is 2.17. The van der Waals surface area contributed by atoms with Gasteiger partial charge in [0, 0.05) is 18.8 Å². The summed E-state index contributed by atoms with van der Waals surface area (Å²) in [7, 11) is 0. The molecular weight excluding hydrogens is 260 g/mol. The van der Waals surface area contributed by atoms with E-state index in [0.717, 1.165) is 29.9 Å². The van der Waals surface area contributed by atoms with Gasteiger partial charge in [-0.15, -0.1) is 0 Å². The normalized spacial score (nSPS) is 10.7. The van der Waals surface area contributed by atoms with Gasteiger partial charge < -0.3 is 9.88 Å². The number of carbonyl (C=O) groups excluding carboxylic acids is 1. The third kappa shape index (κ3) is 3.54. The molecule has 2 rings (SSSR count). The van der Waals surface area contributed by atoms with Crippen LogP contribution in [0.4, 0.5) is 0 Å². The highest BCUT2D eigenvalue weighted by Gasteiger charge is 2.17. The molecule has 0 unspecified atom stereocenters. The lowest BCUT2D eigenvalue weighted by Crippen LogP contribution is -2.27. The van der Waals surface area contributed by atoms with Crippen molar-refractivity contribution in [1.29, 1.82) is 0 Å². The summed E-state index contributed by atoms with van der Waals surface area (Å²) in [5, 5.41) is 2.98. The molecule has 112 valence electrons. The average Bonchev–Trinajstić information content (AvgIpc) is 2.71. The molecule has 1 amide bonds. The summed E-state index contributed by atoms with van der Waals surface area (Å²) in [6, 6.07) is 10.5. The molecule has 3 heteroatoms. The standard InChI is InChI=1S/C18H24N2O/c1-5-9-19-18(21)17-14(3)11-15(4)20(17)12-16-8-6-7-13(2)10-16/h6-8,10-11H,5,9,12H2,1-4H3,(H,19,21). The van der Waals surface area contributed by atoms with Crippen LogP contribution in [0.15, 0.2) is 30.3 Å². The van der Waals surface area contributed by atoms with E-state index in [0.29, 0.717) is 6.54 Å². The van der Waals surface area contributed by atoms with E-state index in [2.05, 4.69) is 61.0 Å². The maximum absolute atomic E-state index is 12.4. The third-order valence-corrected chi connectivity index (χ3v) is 3.67. The van der Waals surface area contributed by atoms with Crippen LogP contribution in [0.2, 0.25) is 0 Å². The van der Waals surface area contributed by atoms with Crippen LogP contribution in [0, 0.1) is 20.8 Å². The Bertz CT molecular complexity index is 641. The Balaban J connectivity index is 2.32. The lowest BCUT2D eigenvalue weighted by Gasteiger charge is -2.13. The van der Waals surface area contributed by atoms with Gasteiger partial charge in [-0.3, -0.25) is 4.79 Å². The lowest BCUT2D eigenvalue weighted by atomic mass is 10.1. The fourth-order valence-electron chi connectivity index (χ4n) is 2.67. The van der Waals surface area contributed by atoms with Crippen molar-refractivity contribution < 1.29 is 4.79 Å². The van der Waals surface area contributed by atoms with Gasteiger partial charge in [0.05, 0.1) is 0 Å². The van der Waals surface area contributed by atoms with E-state index in [9.17, 15) is 4.79 Å². The minimum Gasteiger partial charge on any atom is -0.351 e. The van der Waals surface area contributed by atoms with Crippen molar-refractivity contribution in [2.45, 2.75) is 40.7 Å². The fourth-order valence-corrected chi connectivity index (χ4v) is 2.67. The first kappa shape index (κ1) is 15.4. The number of aryl methyl sites for hydroxylation is 3. The summed E-state index contributed by atoms with van der Waals surface area (Å²) in [4.78, 5) is 12.4. The van der Waals surface area contributed by atoms with Crippen LogP contribution < -0.4 is 5.32 Å². The van der Waals surface area contributed by atoms with Gasteiger partial charge in [0.15, 0.2) is 0 Å². The number of rotatable bonds is 5. The molecule has 0 fully saturated rings. The molecular formula is C18H24N2O. The molecule has 0 aliphatic heterocycles. The topological polar surface area (TPSA) is 34.0 Å². The molecule has 0 radical (unpaired) electrons. The van der Waals surface area contributed by atoms with Gasteiger partial charge in [-0.25, -0.2) is 0 Å². The molecule has 0 saturated carbocycles.